The van der Waals surface area contributed by atoms with Gasteiger partial charge in [0.05, 0.1) is 18.3 Å². The van der Waals surface area contributed by atoms with Crippen molar-refractivity contribution in [2.75, 3.05) is 11.4 Å². The lowest BCUT2D eigenvalue weighted by Crippen LogP contribution is -2.47. The molecule has 108 valence electrons. The molecule has 1 aromatic carbocycles. The van der Waals surface area contributed by atoms with Crippen molar-refractivity contribution in [2.24, 2.45) is 10.7 Å². The molecule has 0 bridgehead atoms. The van der Waals surface area contributed by atoms with Crippen LogP contribution in [0.1, 0.15) is 12.5 Å². The van der Waals surface area contributed by atoms with Crippen LogP contribution in [0.2, 0.25) is 0 Å². The summed E-state index contributed by atoms with van der Waals surface area (Å²) in [6.45, 7) is 2.43. The van der Waals surface area contributed by atoms with Crippen LogP contribution in [0.15, 0.2) is 52.2 Å². The van der Waals surface area contributed by atoms with Crippen LogP contribution >= 0.6 is 15.9 Å². The van der Waals surface area contributed by atoms with Crippen LogP contribution in [0.25, 0.3) is 0 Å². The molecule has 1 atom stereocenters. The summed E-state index contributed by atoms with van der Waals surface area (Å²) in [6.07, 6.45) is 2.84. The summed E-state index contributed by atoms with van der Waals surface area (Å²) in [5.74, 6) is 0.0493. The number of hydrogen-bond donors (Lipinski definition) is 1. The Morgan fingerprint density at radius 3 is 2.86 bits per heavy atom. The number of nitrogens with two attached hydrogens (primary N) is 1. The number of anilines is 1. The third-order valence-electron chi connectivity index (χ3n) is 3.66. The average Bonchev–Trinajstić information content (AvgIpc) is 2.76. The predicted octanol–water partition coefficient (Wildman–Crippen LogP) is 3.03. The van der Waals surface area contributed by atoms with Crippen LogP contribution in [-0.2, 0) is 5.54 Å². The molecule has 1 aliphatic rings. The number of pyridine rings is 1. The zero-order valence-corrected chi connectivity index (χ0v) is 13.0. The van der Waals surface area contributed by atoms with E-state index in [1.165, 1.54) is 12.3 Å². The maximum atomic E-state index is 13.5. The lowest BCUT2D eigenvalue weighted by Gasteiger charge is -2.36. The number of nitrogens with zero attached hydrogens (tertiary/aromatic N) is 3. The van der Waals surface area contributed by atoms with E-state index in [4.69, 9.17) is 5.73 Å². The Bertz CT molecular complexity index is 718. The Labute approximate surface area is 130 Å². The highest BCUT2D eigenvalue weighted by molar-refractivity contribution is 9.10. The highest BCUT2D eigenvalue weighted by Gasteiger charge is 2.41. The van der Waals surface area contributed by atoms with Crippen molar-refractivity contribution in [3.63, 3.8) is 0 Å². The fraction of sp³-hybridized carbons (Fsp3) is 0.200. The largest absolute Gasteiger partial charge is 0.369 e. The van der Waals surface area contributed by atoms with Gasteiger partial charge in [0, 0.05) is 21.9 Å². The fourth-order valence-electron chi connectivity index (χ4n) is 2.59. The van der Waals surface area contributed by atoms with Gasteiger partial charge in [0.2, 0.25) is 0 Å². The lowest BCUT2D eigenvalue weighted by molar-refractivity contribution is 0.521. The molecule has 6 heteroatoms. The maximum Gasteiger partial charge on any atom is 0.196 e. The first kappa shape index (κ1) is 14.0. The molecule has 2 heterocycles. The van der Waals surface area contributed by atoms with Crippen LogP contribution in [0, 0.1) is 5.82 Å². The molecule has 3 rings (SSSR count). The molecule has 1 aromatic heterocycles. The molecule has 2 aromatic rings. The van der Waals surface area contributed by atoms with Crippen molar-refractivity contribution < 1.29 is 4.39 Å². The molecular formula is C15H14BrFN4. The van der Waals surface area contributed by atoms with E-state index in [1.807, 2.05) is 36.1 Å². The molecule has 2 N–H and O–H groups in total. The number of benzene rings is 1. The van der Waals surface area contributed by atoms with E-state index in [-0.39, 0.29) is 5.82 Å². The molecule has 4 nitrogen and oxygen atoms in total. The molecule has 1 aliphatic heterocycles. The monoisotopic (exact) mass is 348 g/mol. The van der Waals surface area contributed by atoms with Crippen molar-refractivity contribution in [3.8, 4) is 0 Å². The SMILES string of the molecule is CC1(c2cncc(F)c2)CN=C(N)N1c1cccc(Br)c1. The van der Waals surface area contributed by atoms with Gasteiger partial charge in [0.25, 0.3) is 0 Å². The van der Waals surface area contributed by atoms with Gasteiger partial charge in [0.15, 0.2) is 5.96 Å². The number of rotatable bonds is 2. The quantitative estimate of drug-likeness (QED) is 0.907. The lowest BCUT2D eigenvalue weighted by atomic mass is 9.92. The standard InChI is InChI=1S/C15H14BrFN4/c1-15(10-5-12(17)8-19-7-10)9-20-14(18)21(15)13-4-2-3-11(16)6-13/h2-8H,9H2,1H3,(H2,18,20). The van der Waals surface area contributed by atoms with Gasteiger partial charge >= 0.3 is 0 Å². The normalized spacial score (nSPS) is 21.5. The third kappa shape index (κ3) is 2.40. The van der Waals surface area contributed by atoms with Gasteiger partial charge < -0.3 is 10.6 Å². The van der Waals surface area contributed by atoms with Gasteiger partial charge in [-0.15, -0.1) is 0 Å². The molecule has 0 radical (unpaired) electrons. The van der Waals surface area contributed by atoms with E-state index in [0.717, 1.165) is 15.7 Å². The van der Waals surface area contributed by atoms with E-state index < -0.39 is 5.54 Å². The van der Waals surface area contributed by atoms with Gasteiger partial charge in [-0.1, -0.05) is 22.0 Å². The molecule has 0 spiro atoms. The Morgan fingerprint density at radius 2 is 2.14 bits per heavy atom. The van der Waals surface area contributed by atoms with E-state index in [0.29, 0.717) is 12.5 Å². The first-order valence-corrected chi connectivity index (χ1v) is 7.27. The second-order valence-electron chi connectivity index (χ2n) is 5.16. The molecule has 21 heavy (non-hydrogen) atoms. The second-order valence-corrected chi connectivity index (χ2v) is 6.07. The fourth-order valence-corrected chi connectivity index (χ4v) is 2.98. The number of guanidine groups is 1. The Balaban J connectivity index is 2.10. The van der Waals surface area contributed by atoms with Gasteiger partial charge in [-0.2, -0.15) is 0 Å². The Morgan fingerprint density at radius 1 is 1.33 bits per heavy atom. The summed E-state index contributed by atoms with van der Waals surface area (Å²) in [5, 5.41) is 0. The summed E-state index contributed by atoms with van der Waals surface area (Å²) < 4.78 is 14.5. The van der Waals surface area contributed by atoms with Gasteiger partial charge in [-0.25, -0.2) is 4.39 Å². The number of halogens is 2. The van der Waals surface area contributed by atoms with E-state index in [1.54, 1.807) is 6.20 Å². The van der Waals surface area contributed by atoms with Crippen LogP contribution in [0.5, 0.6) is 0 Å². The molecule has 0 fully saturated rings. The van der Waals surface area contributed by atoms with Crippen molar-refractivity contribution in [2.45, 2.75) is 12.5 Å². The minimum atomic E-state index is -0.556. The van der Waals surface area contributed by atoms with Gasteiger partial charge in [-0.3, -0.25) is 9.98 Å². The first-order valence-electron chi connectivity index (χ1n) is 6.47. The minimum absolute atomic E-state index is 0.367. The predicted molar refractivity (Wildman–Crippen MR) is 84.7 cm³/mol. The van der Waals surface area contributed by atoms with E-state index in [2.05, 4.69) is 25.9 Å². The zero-order valence-electron chi connectivity index (χ0n) is 11.4. The molecule has 1 unspecified atom stereocenters. The van der Waals surface area contributed by atoms with Crippen molar-refractivity contribution in [1.29, 1.82) is 0 Å². The highest BCUT2D eigenvalue weighted by atomic mass is 79.9. The molecule has 0 saturated carbocycles. The Hall–Kier alpha value is -1.95. The summed E-state index contributed by atoms with van der Waals surface area (Å²) in [5.41, 5.74) is 7.14. The number of aliphatic imine (C=N–C) groups is 1. The van der Waals surface area contributed by atoms with Gasteiger partial charge in [0.1, 0.15) is 5.82 Å². The van der Waals surface area contributed by atoms with Crippen molar-refractivity contribution in [1.82, 2.24) is 4.98 Å². The molecule has 0 aliphatic carbocycles. The van der Waals surface area contributed by atoms with Crippen molar-refractivity contribution in [3.05, 3.63) is 58.6 Å². The van der Waals surface area contributed by atoms with E-state index in [9.17, 15) is 4.39 Å². The van der Waals surface area contributed by atoms with E-state index >= 15 is 0 Å². The highest BCUT2D eigenvalue weighted by Crippen LogP contribution is 2.37. The molecular weight excluding hydrogens is 335 g/mol. The van der Waals surface area contributed by atoms with Gasteiger partial charge in [-0.05, 0) is 31.2 Å². The smallest absolute Gasteiger partial charge is 0.196 e. The number of hydrogen-bond acceptors (Lipinski definition) is 4. The second kappa shape index (κ2) is 5.11. The van der Waals surface area contributed by atoms with Crippen molar-refractivity contribution >= 4 is 27.6 Å². The zero-order chi connectivity index (χ0) is 15.0. The van der Waals surface area contributed by atoms with Crippen LogP contribution in [0.4, 0.5) is 10.1 Å². The minimum Gasteiger partial charge on any atom is -0.369 e. The average molecular weight is 349 g/mol. The molecule has 0 saturated heterocycles. The summed E-state index contributed by atoms with van der Waals surface area (Å²) >= 11 is 3.45. The van der Waals surface area contributed by atoms with Crippen LogP contribution in [-0.4, -0.2) is 17.5 Å². The van der Waals surface area contributed by atoms with Crippen LogP contribution in [0.3, 0.4) is 0 Å². The summed E-state index contributed by atoms with van der Waals surface area (Å²) in [7, 11) is 0. The summed E-state index contributed by atoms with van der Waals surface area (Å²) in [4.78, 5) is 10.2. The topological polar surface area (TPSA) is 54.5 Å². The summed E-state index contributed by atoms with van der Waals surface area (Å²) in [6, 6.07) is 9.25. The third-order valence-corrected chi connectivity index (χ3v) is 4.16. The molecule has 0 amide bonds. The first-order chi connectivity index (χ1) is 10.0. The van der Waals surface area contributed by atoms with Crippen LogP contribution < -0.4 is 10.6 Å². The number of aromatic nitrogens is 1. The maximum absolute atomic E-state index is 13.5. The Kier molecular flexibility index (Phi) is 3.41.